The molecule has 0 amide bonds. The molecule has 0 saturated heterocycles. The summed E-state index contributed by atoms with van der Waals surface area (Å²) in [6.45, 7) is 4.01. The van der Waals surface area contributed by atoms with Gasteiger partial charge in [-0.2, -0.15) is 5.21 Å². The van der Waals surface area contributed by atoms with Gasteiger partial charge in [0.15, 0.2) is 5.78 Å². The number of aromatic nitrogens is 7. The average molecular weight is 417 g/mol. The molecule has 0 aliphatic carbocycles. The molecule has 1 aromatic carbocycles. The highest BCUT2D eigenvalue weighted by Gasteiger charge is 2.16. The van der Waals surface area contributed by atoms with E-state index in [2.05, 4.69) is 32.5 Å². The molecule has 4 aromatic rings. The van der Waals surface area contributed by atoms with Crippen molar-refractivity contribution in [3.8, 4) is 17.2 Å². The van der Waals surface area contributed by atoms with Gasteiger partial charge in [-0.1, -0.05) is 31.5 Å². The molecule has 9 heteroatoms. The van der Waals surface area contributed by atoms with Crippen LogP contribution in [0.4, 0.5) is 0 Å². The first kappa shape index (κ1) is 20.4. The number of para-hydroxylation sites is 1. The van der Waals surface area contributed by atoms with Crippen LogP contribution in [0.3, 0.4) is 0 Å². The van der Waals surface area contributed by atoms with Crippen molar-refractivity contribution in [3.05, 3.63) is 76.1 Å². The Balaban J connectivity index is 1.72. The molecular weight excluding hydrogens is 394 g/mol. The predicted molar refractivity (Wildman–Crippen MR) is 115 cm³/mol. The number of unbranched alkanes of at least 4 members (excludes halogenated alkanes) is 1. The maximum absolute atomic E-state index is 13.3. The average Bonchev–Trinajstić information content (AvgIpc) is 3.42. The molecule has 31 heavy (non-hydrogen) atoms. The van der Waals surface area contributed by atoms with Gasteiger partial charge in [0.05, 0.1) is 12.2 Å². The van der Waals surface area contributed by atoms with Crippen molar-refractivity contribution < 1.29 is 4.79 Å². The number of aromatic amines is 1. The highest BCUT2D eigenvalue weighted by molar-refractivity contribution is 5.97. The second-order valence-electron chi connectivity index (χ2n) is 7.32. The van der Waals surface area contributed by atoms with Gasteiger partial charge in [0.25, 0.3) is 0 Å². The molecule has 0 bridgehead atoms. The molecule has 0 fully saturated rings. The van der Waals surface area contributed by atoms with Gasteiger partial charge in [0.2, 0.25) is 5.82 Å². The molecule has 0 aliphatic rings. The molecule has 0 aliphatic heterocycles. The normalized spacial score (nSPS) is 11.0. The molecular formula is C22H23N7O2. The number of ketones is 1. The van der Waals surface area contributed by atoms with Crippen molar-refractivity contribution in [2.24, 2.45) is 0 Å². The predicted octanol–water partition coefficient (Wildman–Crippen LogP) is 2.81. The van der Waals surface area contributed by atoms with Crippen LogP contribution in [0.5, 0.6) is 0 Å². The standard InChI is InChI=1S/C22H23N7O2/c1-3-4-7-17-14-29(20-9-6-5-8-18(20)15(2)30)22(31)28(17)13-16-10-11-19(23-12-16)21-24-26-27-25-21/h5-6,8-12,14H,3-4,7,13H2,1-2H3,(H,24,25,26,27). The Labute approximate surface area is 178 Å². The van der Waals surface area contributed by atoms with Gasteiger partial charge in [-0.3, -0.25) is 18.9 Å². The van der Waals surface area contributed by atoms with E-state index < -0.39 is 0 Å². The van der Waals surface area contributed by atoms with Crippen LogP contribution in [0, 0.1) is 0 Å². The topological polar surface area (TPSA) is 111 Å². The maximum atomic E-state index is 13.3. The van der Waals surface area contributed by atoms with Crippen LogP contribution < -0.4 is 5.69 Å². The number of rotatable bonds is 8. The van der Waals surface area contributed by atoms with E-state index in [4.69, 9.17) is 0 Å². The van der Waals surface area contributed by atoms with Crippen molar-refractivity contribution in [2.75, 3.05) is 0 Å². The number of nitrogens with zero attached hydrogens (tertiary/aromatic N) is 6. The molecule has 0 radical (unpaired) electrons. The van der Waals surface area contributed by atoms with Crippen LogP contribution in [-0.2, 0) is 13.0 Å². The van der Waals surface area contributed by atoms with E-state index in [1.165, 1.54) is 6.92 Å². The molecule has 4 rings (SSSR count). The lowest BCUT2D eigenvalue weighted by molar-refractivity contribution is 0.101. The van der Waals surface area contributed by atoms with E-state index in [0.717, 1.165) is 30.5 Å². The second kappa shape index (κ2) is 8.86. The van der Waals surface area contributed by atoms with E-state index in [1.54, 1.807) is 39.6 Å². The number of H-pyrrole nitrogens is 1. The summed E-state index contributed by atoms with van der Waals surface area (Å²) in [5.41, 5.74) is 3.35. The molecule has 0 unspecified atom stereocenters. The quantitative estimate of drug-likeness (QED) is 0.441. The summed E-state index contributed by atoms with van der Waals surface area (Å²) in [6.07, 6.45) is 6.32. The fourth-order valence-electron chi connectivity index (χ4n) is 3.51. The van der Waals surface area contributed by atoms with Crippen molar-refractivity contribution in [1.29, 1.82) is 0 Å². The van der Waals surface area contributed by atoms with Crippen molar-refractivity contribution in [2.45, 2.75) is 39.7 Å². The van der Waals surface area contributed by atoms with E-state index in [-0.39, 0.29) is 11.5 Å². The number of carbonyl (C=O) groups excluding carboxylic acids is 1. The van der Waals surface area contributed by atoms with Crippen LogP contribution in [0.2, 0.25) is 0 Å². The summed E-state index contributed by atoms with van der Waals surface area (Å²) >= 11 is 0. The van der Waals surface area contributed by atoms with Gasteiger partial charge < -0.3 is 0 Å². The van der Waals surface area contributed by atoms with Crippen LogP contribution >= 0.6 is 0 Å². The summed E-state index contributed by atoms with van der Waals surface area (Å²) in [4.78, 5) is 29.8. The first-order chi connectivity index (χ1) is 15.1. The molecule has 1 N–H and O–H groups in total. The van der Waals surface area contributed by atoms with Crippen LogP contribution in [0.15, 0.2) is 53.6 Å². The number of aryl methyl sites for hydroxylation is 1. The summed E-state index contributed by atoms with van der Waals surface area (Å²) in [6, 6.07) is 10.9. The van der Waals surface area contributed by atoms with Crippen molar-refractivity contribution in [1.82, 2.24) is 34.7 Å². The zero-order valence-corrected chi connectivity index (χ0v) is 17.4. The SMILES string of the molecule is CCCCc1cn(-c2ccccc2C(C)=O)c(=O)n1Cc1ccc(-c2nn[nH]n2)nc1. The van der Waals surface area contributed by atoms with Crippen molar-refractivity contribution >= 4 is 5.78 Å². The Morgan fingerprint density at radius 1 is 1.16 bits per heavy atom. The number of carbonyl (C=O) groups is 1. The zero-order valence-electron chi connectivity index (χ0n) is 17.4. The molecule has 3 heterocycles. The number of hydrogen-bond acceptors (Lipinski definition) is 6. The summed E-state index contributed by atoms with van der Waals surface area (Å²) in [5.74, 6) is 0.339. The minimum Gasteiger partial charge on any atom is -0.294 e. The number of pyridine rings is 1. The van der Waals surface area contributed by atoms with Crippen molar-refractivity contribution in [3.63, 3.8) is 0 Å². The molecule has 0 spiro atoms. The molecule has 9 nitrogen and oxygen atoms in total. The van der Waals surface area contributed by atoms with Gasteiger partial charge >= 0.3 is 5.69 Å². The number of benzene rings is 1. The monoisotopic (exact) mass is 417 g/mol. The smallest absolute Gasteiger partial charge is 0.294 e. The Morgan fingerprint density at radius 2 is 2.00 bits per heavy atom. The fraction of sp³-hybridized carbons (Fsp3) is 0.273. The van der Waals surface area contributed by atoms with Gasteiger partial charge in [0.1, 0.15) is 5.69 Å². The molecule has 3 aromatic heterocycles. The van der Waals surface area contributed by atoms with Crippen LogP contribution in [-0.4, -0.2) is 40.5 Å². The summed E-state index contributed by atoms with van der Waals surface area (Å²) < 4.78 is 3.32. The Morgan fingerprint density at radius 3 is 2.68 bits per heavy atom. The number of Topliss-reactive ketones (excluding diaryl/α,β-unsaturated/α-hetero) is 1. The number of hydrogen-bond donors (Lipinski definition) is 1. The fourth-order valence-corrected chi connectivity index (χ4v) is 3.51. The zero-order chi connectivity index (χ0) is 21.8. The van der Waals surface area contributed by atoms with Gasteiger partial charge in [-0.25, -0.2) is 4.79 Å². The van der Waals surface area contributed by atoms with E-state index >= 15 is 0 Å². The van der Waals surface area contributed by atoms with Gasteiger partial charge in [-0.15, -0.1) is 10.2 Å². The second-order valence-corrected chi connectivity index (χ2v) is 7.32. The largest absolute Gasteiger partial charge is 0.333 e. The van der Waals surface area contributed by atoms with Gasteiger partial charge in [-0.05, 0) is 48.7 Å². The van der Waals surface area contributed by atoms with Gasteiger partial charge in [0, 0.05) is 23.7 Å². The minimum atomic E-state index is -0.179. The number of tetrazole rings is 1. The van der Waals surface area contributed by atoms with E-state index in [1.807, 2.05) is 18.3 Å². The summed E-state index contributed by atoms with van der Waals surface area (Å²) in [5, 5.41) is 13.8. The minimum absolute atomic E-state index is 0.0772. The Kier molecular flexibility index (Phi) is 5.83. The molecule has 158 valence electrons. The highest BCUT2D eigenvalue weighted by atomic mass is 16.2. The first-order valence-corrected chi connectivity index (χ1v) is 10.2. The Bertz CT molecular complexity index is 1240. The maximum Gasteiger partial charge on any atom is 0.333 e. The first-order valence-electron chi connectivity index (χ1n) is 10.2. The number of nitrogens with one attached hydrogen (secondary N) is 1. The lowest BCUT2D eigenvalue weighted by atomic mass is 10.1. The third-order valence-electron chi connectivity index (χ3n) is 5.13. The molecule has 0 atom stereocenters. The highest BCUT2D eigenvalue weighted by Crippen LogP contribution is 2.17. The van der Waals surface area contributed by atoms with Crippen LogP contribution in [0.25, 0.3) is 17.2 Å². The van der Waals surface area contributed by atoms with E-state index in [0.29, 0.717) is 29.3 Å². The van der Waals surface area contributed by atoms with E-state index in [9.17, 15) is 9.59 Å². The third kappa shape index (κ3) is 4.20. The lowest BCUT2D eigenvalue weighted by Gasteiger charge is -2.08. The Hall–Kier alpha value is -3.88. The third-order valence-corrected chi connectivity index (χ3v) is 5.13. The lowest BCUT2D eigenvalue weighted by Crippen LogP contribution is -2.25. The molecule has 0 saturated carbocycles. The number of imidazole rings is 1. The summed E-state index contributed by atoms with van der Waals surface area (Å²) in [7, 11) is 0. The van der Waals surface area contributed by atoms with Crippen LogP contribution in [0.1, 0.15) is 48.3 Å².